The molecule has 4 rings (SSSR count). The minimum atomic E-state index is -0.745. The maximum atomic E-state index is 13.6. The van der Waals surface area contributed by atoms with Crippen molar-refractivity contribution in [2.24, 2.45) is 0 Å². The number of hydrogen-bond acceptors (Lipinski definition) is 8. The molecule has 0 aliphatic carbocycles. The van der Waals surface area contributed by atoms with E-state index < -0.39 is 17.7 Å². The summed E-state index contributed by atoms with van der Waals surface area (Å²) >= 11 is 1.26. The molecule has 2 aliphatic rings. The SMILES string of the molecule is Cc1nc(C)c(C(=O)C2=C(O)C(=O)N(CCN3CCOCC3)C2c2cc(C)c(O)c(C)c2)s1. The third-order valence-electron chi connectivity index (χ3n) is 6.25. The Kier molecular flexibility index (Phi) is 6.56. The van der Waals surface area contributed by atoms with Gasteiger partial charge in [0.25, 0.3) is 5.91 Å². The average molecular weight is 472 g/mol. The molecule has 33 heavy (non-hydrogen) atoms. The molecule has 1 aromatic heterocycles. The molecule has 1 unspecified atom stereocenters. The summed E-state index contributed by atoms with van der Waals surface area (Å²) in [6.07, 6.45) is 0. The van der Waals surface area contributed by atoms with Crippen LogP contribution in [-0.2, 0) is 9.53 Å². The number of nitrogens with zero attached hydrogens (tertiary/aromatic N) is 3. The van der Waals surface area contributed by atoms with Gasteiger partial charge in [-0.15, -0.1) is 11.3 Å². The maximum Gasteiger partial charge on any atom is 0.290 e. The quantitative estimate of drug-likeness (QED) is 0.624. The first kappa shape index (κ1) is 23.4. The van der Waals surface area contributed by atoms with Crippen LogP contribution in [0.1, 0.15) is 43.1 Å². The Labute approximate surface area is 197 Å². The van der Waals surface area contributed by atoms with Crippen molar-refractivity contribution in [2.45, 2.75) is 33.7 Å². The summed E-state index contributed by atoms with van der Waals surface area (Å²) in [7, 11) is 0. The van der Waals surface area contributed by atoms with Crippen LogP contribution in [0.2, 0.25) is 0 Å². The van der Waals surface area contributed by atoms with Crippen molar-refractivity contribution in [3.63, 3.8) is 0 Å². The van der Waals surface area contributed by atoms with Crippen LogP contribution in [-0.4, -0.2) is 76.1 Å². The van der Waals surface area contributed by atoms with Gasteiger partial charge in [-0.3, -0.25) is 14.5 Å². The van der Waals surface area contributed by atoms with Crippen molar-refractivity contribution >= 4 is 23.0 Å². The zero-order valence-electron chi connectivity index (χ0n) is 19.3. The summed E-state index contributed by atoms with van der Waals surface area (Å²) in [6, 6.07) is 2.81. The molecule has 2 N–H and O–H groups in total. The lowest BCUT2D eigenvalue weighted by atomic mass is 9.92. The van der Waals surface area contributed by atoms with Gasteiger partial charge < -0.3 is 19.8 Å². The summed E-state index contributed by atoms with van der Waals surface area (Å²) in [5.74, 6) is -1.27. The fourth-order valence-corrected chi connectivity index (χ4v) is 5.42. The number of thiazole rings is 1. The van der Waals surface area contributed by atoms with E-state index in [-0.39, 0.29) is 17.1 Å². The second kappa shape index (κ2) is 9.24. The number of ether oxygens (including phenoxy) is 1. The molecule has 0 bridgehead atoms. The molecule has 0 radical (unpaired) electrons. The number of amides is 1. The van der Waals surface area contributed by atoms with Gasteiger partial charge in [0.2, 0.25) is 5.78 Å². The summed E-state index contributed by atoms with van der Waals surface area (Å²) in [4.78, 5) is 35.3. The average Bonchev–Trinajstić information content (AvgIpc) is 3.26. The second-order valence-electron chi connectivity index (χ2n) is 8.60. The number of carbonyl (C=O) groups is 2. The Bertz CT molecular complexity index is 1110. The molecule has 0 saturated carbocycles. The second-order valence-corrected chi connectivity index (χ2v) is 9.80. The number of benzene rings is 1. The number of aliphatic hydroxyl groups is 1. The molecular formula is C24H29N3O5S. The van der Waals surface area contributed by atoms with Crippen molar-refractivity contribution in [1.82, 2.24) is 14.8 Å². The first-order chi connectivity index (χ1) is 15.7. The fourth-order valence-electron chi connectivity index (χ4n) is 4.55. The number of aliphatic hydroxyl groups excluding tert-OH is 1. The van der Waals surface area contributed by atoms with E-state index in [0.717, 1.165) is 18.1 Å². The molecule has 8 nitrogen and oxygen atoms in total. The predicted molar refractivity (Wildman–Crippen MR) is 125 cm³/mol. The van der Waals surface area contributed by atoms with Crippen LogP contribution >= 0.6 is 11.3 Å². The minimum Gasteiger partial charge on any atom is -0.507 e. The molecule has 0 spiro atoms. The number of morpholine rings is 1. The van der Waals surface area contributed by atoms with Crippen molar-refractivity contribution in [3.8, 4) is 5.75 Å². The number of aromatic nitrogens is 1. The van der Waals surface area contributed by atoms with Crippen LogP contribution in [0.4, 0.5) is 0 Å². The summed E-state index contributed by atoms with van der Waals surface area (Å²) in [6.45, 7) is 10.9. The van der Waals surface area contributed by atoms with Gasteiger partial charge in [-0.1, -0.05) is 0 Å². The number of aryl methyl sites for hydroxylation is 4. The highest BCUT2D eigenvalue weighted by atomic mass is 32.1. The topological polar surface area (TPSA) is 103 Å². The van der Waals surface area contributed by atoms with E-state index in [2.05, 4.69) is 9.88 Å². The highest BCUT2D eigenvalue weighted by molar-refractivity contribution is 7.14. The Morgan fingerprint density at radius 3 is 2.33 bits per heavy atom. The van der Waals surface area contributed by atoms with Crippen molar-refractivity contribution in [2.75, 3.05) is 39.4 Å². The highest BCUT2D eigenvalue weighted by Gasteiger charge is 2.44. The van der Waals surface area contributed by atoms with E-state index in [4.69, 9.17) is 4.74 Å². The summed E-state index contributed by atoms with van der Waals surface area (Å²) in [5.41, 5.74) is 2.63. The fraction of sp³-hybridized carbons (Fsp3) is 0.458. The normalized spacial score (nSPS) is 19.6. The molecular weight excluding hydrogens is 442 g/mol. The zero-order valence-corrected chi connectivity index (χ0v) is 20.2. The van der Waals surface area contributed by atoms with Crippen LogP contribution < -0.4 is 0 Å². The lowest BCUT2D eigenvalue weighted by Crippen LogP contribution is -2.43. The Hall–Kier alpha value is -2.75. The Morgan fingerprint density at radius 2 is 1.76 bits per heavy atom. The molecule has 1 amide bonds. The van der Waals surface area contributed by atoms with Gasteiger partial charge in [0.1, 0.15) is 5.75 Å². The first-order valence-corrected chi connectivity index (χ1v) is 11.8. The lowest BCUT2D eigenvalue weighted by Gasteiger charge is -2.32. The van der Waals surface area contributed by atoms with E-state index in [1.807, 2.05) is 6.92 Å². The van der Waals surface area contributed by atoms with Crippen LogP contribution in [0.15, 0.2) is 23.5 Å². The molecule has 9 heteroatoms. The van der Waals surface area contributed by atoms with E-state index in [1.165, 1.54) is 11.3 Å². The third kappa shape index (κ3) is 4.40. The Balaban J connectivity index is 1.75. The predicted octanol–water partition coefficient (Wildman–Crippen LogP) is 2.99. The van der Waals surface area contributed by atoms with Gasteiger partial charge in [0, 0.05) is 26.2 Å². The number of Topliss-reactive ketones (excluding diaryl/α,β-unsaturated/α-hetero) is 1. The molecule has 2 aromatic rings. The van der Waals surface area contributed by atoms with Crippen LogP contribution in [0.3, 0.4) is 0 Å². The number of rotatable bonds is 6. The largest absolute Gasteiger partial charge is 0.507 e. The first-order valence-electron chi connectivity index (χ1n) is 11.0. The van der Waals surface area contributed by atoms with E-state index >= 15 is 0 Å². The molecule has 1 aromatic carbocycles. The minimum absolute atomic E-state index is 0.0678. The number of carbonyl (C=O) groups excluding carboxylic acids is 2. The number of phenols is 1. The monoisotopic (exact) mass is 471 g/mol. The number of ketones is 1. The standard InChI is InChI=1S/C24H29N3O5S/c1-13-11-17(12-14(2)20(13)28)19-18(21(29)23-15(3)25-16(4)33-23)22(30)24(31)27(19)6-5-26-7-9-32-10-8-26/h11-12,19,28,30H,5-10H2,1-4H3. The van der Waals surface area contributed by atoms with Gasteiger partial charge in [-0.25, -0.2) is 4.98 Å². The van der Waals surface area contributed by atoms with Crippen molar-refractivity contribution in [3.05, 3.63) is 55.7 Å². The van der Waals surface area contributed by atoms with E-state index in [9.17, 15) is 19.8 Å². The molecule has 3 heterocycles. The molecule has 1 atom stereocenters. The van der Waals surface area contributed by atoms with Gasteiger partial charge in [-0.05, 0) is 56.5 Å². The molecule has 2 aliphatic heterocycles. The number of aromatic hydroxyl groups is 1. The maximum absolute atomic E-state index is 13.6. The van der Waals surface area contributed by atoms with E-state index in [0.29, 0.717) is 53.6 Å². The molecule has 1 saturated heterocycles. The van der Waals surface area contributed by atoms with Crippen LogP contribution in [0.25, 0.3) is 0 Å². The van der Waals surface area contributed by atoms with Gasteiger partial charge in [-0.2, -0.15) is 0 Å². The van der Waals surface area contributed by atoms with Gasteiger partial charge >= 0.3 is 0 Å². The zero-order chi connectivity index (χ0) is 23.9. The summed E-state index contributed by atoms with van der Waals surface area (Å²) in [5, 5.41) is 21.9. The number of phenolic OH excluding ortho intramolecular Hbond substituents is 1. The lowest BCUT2D eigenvalue weighted by molar-refractivity contribution is -0.129. The Morgan fingerprint density at radius 1 is 1.12 bits per heavy atom. The molecule has 1 fully saturated rings. The van der Waals surface area contributed by atoms with Gasteiger partial charge in [0.15, 0.2) is 5.76 Å². The van der Waals surface area contributed by atoms with Crippen molar-refractivity contribution in [1.29, 1.82) is 0 Å². The molecule has 176 valence electrons. The summed E-state index contributed by atoms with van der Waals surface area (Å²) < 4.78 is 5.40. The smallest absolute Gasteiger partial charge is 0.290 e. The van der Waals surface area contributed by atoms with E-state index in [1.54, 1.807) is 37.8 Å². The van der Waals surface area contributed by atoms with Gasteiger partial charge in [0.05, 0.1) is 40.4 Å². The van der Waals surface area contributed by atoms with Crippen LogP contribution in [0.5, 0.6) is 5.75 Å². The highest BCUT2D eigenvalue weighted by Crippen LogP contribution is 2.41. The van der Waals surface area contributed by atoms with Crippen molar-refractivity contribution < 1.29 is 24.5 Å². The van der Waals surface area contributed by atoms with Crippen LogP contribution in [0, 0.1) is 27.7 Å². The number of hydrogen-bond donors (Lipinski definition) is 2. The third-order valence-corrected chi connectivity index (χ3v) is 7.32.